The maximum Gasteiger partial charge on any atom is 0.264 e. The molecule has 1 saturated heterocycles. The lowest BCUT2D eigenvalue weighted by molar-refractivity contribution is 0.315. The number of H-pyrrole nitrogens is 1. The van der Waals surface area contributed by atoms with Crippen LogP contribution in [0.4, 0.5) is 4.39 Å². The number of hydrogen-bond acceptors (Lipinski definition) is 6. The Labute approximate surface area is 166 Å². The molecule has 3 heterocycles. The number of halogens is 1. The van der Waals surface area contributed by atoms with Crippen molar-refractivity contribution >= 4 is 10.0 Å². The fourth-order valence-corrected chi connectivity index (χ4v) is 5.01. The van der Waals surface area contributed by atoms with E-state index in [1.807, 2.05) is 0 Å². The molecule has 152 valence electrons. The zero-order valence-electron chi connectivity index (χ0n) is 15.6. The van der Waals surface area contributed by atoms with Crippen LogP contribution in [-0.4, -0.2) is 41.2 Å². The minimum Gasteiger partial charge on any atom is -0.356 e. The number of nitrogens with zero attached hydrogens (tertiary/aromatic N) is 3. The molecule has 29 heavy (non-hydrogen) atoms. The van der Waals surface area contributed by atoms with E-state index in [-0.39, 0.29) is 16.4 Å². The van der Waals surface area contributed by atoms with Crippen LogP contribution >= 0.6 is 0 Å². The fraction of sp³-hybridized carbons (Fsp3) is 0.316. The summed E-state index contributed by atoms with van der Waals surface area (Å²) in [6.45, 7) is 2.37. The highest BCUT2D eigenvalue weighted by molar-refractivity contribution is 7.89. The zero-order valence-corrected chi connectivity index (χ0v) is 16.4. The molecule has 0 atom stereocenters. The first-order valence-corrected chi connectivity index (χ1v) is 10.6. The van der Waals surface area contributed by atoms with Gasteiger partial charge in [0.05, 0.1) is 16.3 Å². The molecular formula is C19H19FN4O4S. The van der Waals surface area contributed by atoms with Crippen LogP contribution in [0.3, 0.4) is 0 Å². The molecule has 0 spiro atoms. The molecule has 1 aliphatic rings. The molecule has 0 unspecified atom stereocenters. The van der Waals surface area contributed by atoms with Crippen LogP contribution in [0.2, 0.25) is 0 Å². The van der Waals surface area contributed by atoms with Crippen molar-refractivity contribution < 1.29 is 17.3 Å². The first-order chi connectivity index (χ1) is 13.8. The topological polar surface area (TPSA) is 109 Å². The third-order valence-electron chi connectivity index (χ3n) is 5.02. The second-order valence-corrected chi connectivity index (χ2v) is 8.93. The molecule has 1 aliphatic heterocycles. The van der Waals surface area contributed by atoms with E-state index in [1.165, 1.54) is 22.5 Å². The van der Waals surface area contributed by atoms with E-state index >= 15 is 0 Å². The summed E-state index contributed by atoms with van der Waals surface area (Å²) in [5.74, 6) is -0.0774. The van der Waals surface area contributed by atoms with E-state index in [0.717, 1.165) is 12.1 Å². The number of aromatic amines is 1. The van der Waals surface area contributed by atoms with Crippen LogP contribution in [0, 0.1) is 12.7 Å². The number of hydrogen-bond donors (Lipinski definition) is 1. The zero-order chi connectivity index (χ0) is 20.6. The molecule has 0 bridgehead atoms. The first-order valence-electron chi connectivity index (χ1n) is 9.13. The molecule has 1 N–H and O–H groups in total. The molecule has 0 aliphatic carbocycles. The van der Waals surface area contributed by atoms with Gasteiger partial charge in [0.2, 0.25) is 10.0 Å². The summed E-state index contributed by atoms with van der Waals surface area (Å²) in [6, 6.07) is 7.96. The Hall–Kier alpha value is -2.85. The van der Waals surface area contributed by atoms with E-state index < -0.39 is 15.8 Å². The van der Waals surface area contributed by atoms with E-state index in [2.05, 4.69) is 15.4 Å². The number of rotatable bonds is 4. The molecule has 8 nitrogen and oxygen atoms in total. The lowest BCUT2D eigenvalue weighted by atomic mass is 9.91. The summed E-state index contributed by atoms with van der Waals surface area (Å²) in [4.78, 5) is 11.8. The number of benzene rings is 1. The monoisotopic (exact) mass is 418 g/mol. The van der Waals surface area contributed by atoms with Crippen LogP contribution in [-0.2, 0) is 10.0 Å². The van der Waals surface area contributed by atoms with Crippen LogP contribution in [0.15, 0.2) is 50.6 Å². The maximum atomic E-state index is 13.1. The third kappa shape index (κ3) is 3.85. The van der Waals surface area contributed by atoms with Gasteiger partial charge in [-0.15, -0.1) is 0 Å². The van der Waals surface area contributed by atoms with E-state index in [0.29, 0.717) is 48.6 Å². The number of nitrogens with one attached hydrogen (secondary N) is 1. The molecule has 0 radical (unpaired) electrons. The summed E-state index contributed by atoms with van der Waals surface area (Å²) < 4.78 is 45.4. The van der Waals surface area contributed by atoms with Crippen molar-refractivity contribution in [3.05, 3.63) is 64.0 Å². The Morgan fingerprint density at radius 3 is 2.48 bits per heavy atom. The minimum absolute atomic E-state index is 0.0491. The lowest BCUT2D eigenvalue weighted by Gasteiger charge is -2.31. The normalized spacial score (nSPS) is 16.2. The van der Waals surface area contributed by atoms with Crippen LogP contribution in [0.25, 0.3) is 11.3 Å². The van der Waals surface area contributed by atoms with E-state index in [9.17, 15) is 17.6 Å². The first kappa shape index (κ1) is 19.5. The van der Waals surface area contributed by atoms with E-state index in [1.54, 1.807) is 13.0 Å². The van der Waals surface area contributed by atoms with Crippen LogP contribution < -0.4 is 5.56 Å². The Bertz CT molecular complexity index is 1180. The number of aryl methyl sites for hydroxylation is 1. The van der Waals surface area contributed by atoms with Crippen molar-refractivity contribution in [3.8, 4) is 11.3 Å². The Morgan fingerprint density at radius 2 is 1.86 bits per heavy atom. The number of piperidine rings is 1. The van der Waals surface area contributed by atoms with Gasteiger partial charge in [-0.05, 0) is 44.0 Å². The van der Waals surface area contributed by atoms with Gasteiger partial charge in [0.25, 0.3) is 5.56 Å². The highest BCUT2D eigenvalue weighted by Crippen LogP contribution is 2.34. The number of aromatic nitrogens is 3. The van der Waals surface area contributed by atoms with Crippen molar-refractivity contribution in [3.63, 3.8) is 0 Å². The summed E-state index contributed by atoms with van der Waals surface area (Å²) in [7, 11) is -3.69. The largest absolute Gasteiger partial charge is 0.356 e. The smallest absolute Gasteiger partial charge is 0.264 e. The number of sulfonamides is 1. The third-order valence-corrected chi connectivity index (χ3v) is 6.94. The molecule has 1 fully saturated rings. The highest BCUT2D eigenvalue weighted by atomic mass is 32.2. The molecule has 3 aromatic rings. The SMILES string of the molecule is Cc1cc(-c2cc(=O)[nH]nc2C2CCN(S(=O)(=O)c3ccc(F)cc3)CC2)on1. The maximum absolute atomic E-state index is 13.1. The predicted octanol–water partition coefficient (Wildman–Crippen LogP) is 2.44. The van der Waals surface area contributed by atoms with Crippen LogP contribution in [0.5, 0.6) is 0 Å². The Kier molecular flexibility index (Phi) is 5.05. The quantitative estimate of drug-likeness (QED) is 0.697. The molecule has 4 rings (SSSR count). The molecule has 10 heteroatoms. The summed E-state index contributed by atoms with van der Waals surface area (Å²) in [5, 5.41) is 10.5. The van der Waals surface area contributed by atoms with Gasteiger partial charge in [0.15, 0.2) is 5.76 Å². The highest BCUT2D eigenvalue weighted by Gasteiger charge is 2.32. The van der Waals surface area contributed by atoms with Gasteiger partial charge in [-0.2, -0.15) is 9.40 Å². The lowest BCUT2D eigenvalue weighted by Crippen LogP contribution is -2.38. The summed E-state index contributed by atoms with van der Waals surface area (Å²) >= 11 is 0. The molecule has 0 amide bonds. The molecule has 0 saturated carbocycles. The van der Waals surface area contributed by atoms with Crippen molar-refractivity contribution in [2.45, 2.75) is 30.6 Å². The van der Waals surface area contributed by atoms with Crippen molar-refractivity contribution in [1.82, 2.24) is 19.7 Å². The predicted molar refractivity (Wildman–Crippen MR) is 102 cm³/mol. The standard InChI is InChI=1S/C19H19FN4O4S/c1-12-10-17(28-23-12)16-11-18(25)21-22-19(16)13-6-8-24(9-7-13)29(26,27)15-4-2-14(20)3-5-15/h2-5,10-11,13H,6-9H2,1H3,(H,21,25). The fourth-order valence-electron chi connectivity index (χ4n) is 3.54. The van der Waals surface area contributed by atoms with Gasteiger partial charge in [-0.3, -0.25) is 4.79 Å². The second kappa shape index (κ2) is 7.53. The van der Waals surface area contributed by atoms with Gasteiger partial charge in [0, 0.05) is 36.7 Å². The molecule has 1 aromatic carbocycles. The Balaban J connectivity index is 1.56. The molecule has 2 aromatic heterocycles. The van der Waals surface area contributed by atoms with Crippen LogP contribution in [0.1, 0.15) is 30.1 Å². The van der Waals surface area contributed by atoms with Crippen molar-refractivity contribution in [2.24, 2.45) is 0 Å². The van der Waals surface area contributed by atoms with Gasteiger partial charge >= 0.3 is 0 Å². The average Bonchev–Trinajstić information content (AvgIpc) is 3.15. The Morgan fingerprint density at radius 1 is 1.17 bits per heavy atom. The van der Waals surface area contributed by atoms with Gasteiger partial charge in [-0.25, -0.2) is 17.9 Å². The minimum atomic E-state index is -3.69. The van der Waals surface area contributed by atoms with Gasteiger partial charge in [0.1, 0.15) is 5.82 Å². The summed E-state index contributed by atoms with van der Waals surface area (Å²) in [5.41, 5.74) is 1.55. The van der Waals surface area contributed by atoms with Crippen molar-refractivity contribution in [1.29, 1.82) is 0 Å². The van der Waals surface area contributed by atoms with Gasteiger partial charge < -0.3 is 4.52 Å². The summed E-state index contributed by atoms with van der Waals surface area (Å²) in [6.07, 6.45) is 1.05. The van der Waals surface area contributed by atoms with Crippen molar-refractivity contribution in [2.75, 3.05) is 13.1 Å². The second-order valence-electron chi connectivity index (χ2n) is 7.00. The molecular weight excluding hydrogens is 399 g/mol. The van der Waals surface area contributed by atoms with Gasteiger partial charge in [-0.1, -0.05) is 5.16 Å². The van der Waals surface area contributed by atoms with E-state index in [4.69, 9.17) is 4.52 Å². The average molecular weight is 418 g/mol.